The van der Waals surface area contributed by atoms with E-state index < -0.39 is 0 Å². The summed E-state index contributed by atoms with van der Waals surface area (Å²) >= 11 is 3.45. The van der Waals surface area contributed by atoms with Crippen LogP contribution < -0.4 is 5.56 Å². The average Bonchev–Trinajstić information content (AvgIpc) is 2.43. The lowest BCUT2D eigenvalue weighted by molar-refractivity contribution is 0.771. The van der Waals surface area contributed by atoms with E-state index in [1.54, 1.807) is 16.8 Å². The molecule has 0 bridgehead atoms. The van der Waals surface area contributed by atoms with Crippen LogP contribution in [0, 0.1) is 0 Å². The standard InChI is InChI=1S/C15H11BrN2O/c16-12-6-4-11-5-7-15(19)18(14(11)9-12)10-13-3-1-2-8-17-13/h1-9H,10H2. The number of hydrogen-bond donors (Lipinski definition) is 0. The molecule has 3 rings (SSSR count). The lowest BCUT2D eigenvalue weighted by atomic mass is 10.2. The molecule has 0 aliphatic rings. The number of nitrogens with zero attached hydrogens (tertiary/aromatic N) is 2. The molecule has 0 saturated carbocycles. The van der Waals surface area contributed by atoms with Crippen LogP contribution in [0.3, 0.4) is 0 Å². The van der Waals surface area contributed by atoms with Gasteiger partial charge in [-0.05, 0) is 35.7 Å². The Balaban J connectivity index is 2.19. The zero-order valence-electron chi connectivity index (χ0n) is 10.1. The van der Waals surface area contributed by atoms with E-state index in [4.69, 9.17) is 0 Å². The molecule has 0 radical (unpaired) electrons. The lowest BCUT2D eigenvalue weighted by Gasteiger charge is -2.10. The molecule has 94 valence electrons. The van der Waals surface area contributed by atoms with Crippen molar-refractivity contribution >= 4 is 26.8 Å². The molecular formula is C15H11BrN2O. The second kappa shape index (κ2) is 4.97. The van der Waals surface area contributed by atoms with Gasteiger partial charge < -0.3 is 4.57 Å². The highest BCUT2D eigenvalue weighted by molar-refractivity contribution is 9.10. The Hall–Kier alpha value is -1.94. The largest absolute Gasteiger partial charge is 0.302 e. The summed E-state index contributed by atoms with van der Waals surface area (Å²) in [4.78, 5) is 16.3. The predicted octanol–water partition coefficient (Wildman–Crippen LogP) is 3.21. The molecule has 1 aromatic carbocycles. The summed E-state index contributed by atoms with van der Waals surface area (Å²) in [6.07, 6.45) is 1.74. The summed E-state index contributed by atoms with van der Waals surface area (Å²) in [5.41, 5.74) is 1.76. The minimum absolute atomic E-state index is 0.0174. The summed E-state index contributed by atoms with van der Waals surface area (Å²) in [5.74, 6) is 0. The first-order chi connectivity index (χ1) is 9.24. The fraction of sp³-hybridized carbons (Fsp3) is 0.0667. The van der Waals surface area contributed by atoms with Crippen LogP contribution in [0.1, 0.15) is 5.69 Å². The third kappa shape index (κ3) is 2.44. The zero-order chi connectivity index (χ0) is 13.2. The Bertz CT molecular complexity index is 781. The number of aromatic nitrogens is 2. The first-order valence-electron chi connectivity index (χ1n) is 5.93. The van der Waals surface area contributed by atoms with Crippen molar-refractivity contribution in [3.8, 4) is 0 Å². The van der Waals surface area contributed by atoms with Crippen molar-refractivity contribution in [2.24, 2.45) is 0 Å². The van der Waals surface area contributed by atoms with Crippen LogP contribution in [0.25, 0.3) is 10.9 Å². The third-order valence-corrected chi connectivity index (χ3v) is 3.49. The van der Waals surface area contributed by atoms with Gasteiger partial charge in [0.25, 0.3) is 5.56 Å². The molecule has 19 heavy (non-hydrogen) atoms. The monoisotopic (exact) mass is 314 g/mol. The Morgan fingerprint density at radius 1 is 1.11 bits per heavy atom. The molecule has 2 aromatic heterocycles. The van der Waals surface area contributed by atoms with Gasteiger partial charge >= 0.3 is 0 Å². The van der Waals surface area contributed by atoms with E-state index >= 15 is 0 Å². The first kappa shape index (κ1) is 12.1. The van der Waals surface area contributed by atoms with Gasteiger partial charge in [0.1, 0.15) is 0 Å². The predicted molar refractivity (Wildman–Crippen MR) is 79.2 cm³/mol. The number of halogens is 1. The number of hydrogen-bond acceptors (Lipinski definition) is 2. The van der Waals surface area contributed by atoms with Crippen LogP contribution in [-0.4, -0.2) is 9.55 Å². The number of pyridine rings is 2. The molecule has 0 unspecified atom stereocenters. The van der Waals surface area contributed by atoms with Gasteiger partial charge in [0, 0.05) is 16.7 Å². The maximum atomic E-state index is 12.1. The first-order valence-corrected chi connectivity index (χ1v) is 6.72. The second-order valence-electron chi connectivity index (χ2n) is 4.28. The minimum Gasteiger partial charge on any atom is -0.302 e. The van der Waals surface area contributed by atoms with E-state index in [1.807, 2.05) is 42.5 Å². The van der Waals surface area contributed by atoms with Gasteiger partial charge in [0.15, 0.2) is 0 Å². The summed E-state index contributed by atoms with van der Waals surface area (Å²) in [6, 6.07) is 15.1. The van der Waals surface area contributed by atoms with Crippen molar-refractivity contribution in [2.45, 2.75) is 6.54 Å². The Morgan fingerprint density at radius 3 is 2.74 bits per heavy atom. The average molecular weight is 315 g/mol. The molecule has 3 aromatic rings. The van der Waals surface area contributed by atoms with Crippen LogP contribution in [0.15, 0.2) is 64.0 Å². The van der Waals surface area contributed by atoms with Crippen molar-refractivity contribution in [3.05, 3.63) is 75.2 Å². The highest BCUT2D eigenvalue weighted by atomic mass is 79.9. The van der Waals surface area contributed by atoms with Gasteiger partial charge in [0.2, 0.25) is 0 Å². The highest BCUT2D eigenvalue weighted by Gasteiger charge is 2.05. The zero-order valence-corrected chi connectivity index (χ0v) is 11.7. The lowest BCUT2D eigenvalue weighted by Crippen LogP contribution is -2.20. The quantitative estimate of drug-likeness (QED) is 0.728. The Kier molecular flexibility index (Phi) is 3.17. The van der Waals surface area contributed by atoms with Gasteiger partial charge in [-0.3, -0.25) is 9.78 Å². The molecule has 0 N–H and O–H groups in total. The smallest absolute Gasteiger partial charge is 0.251 e. The number of benzene rings is 1. The van der Waals surface area contributed by atoms with E-state index in [0.29, 0.717) is 6.54 Å². The van der Waals surface area contributed by atoms with E-state index in [9.17, 15) is 4.79 Å². The van der Waals surface area contributed by atoms with Crippen molar-refractivity contribution in [2.75, 3.05) is 0 Å². The molecular weight excluding hydrogens is 304 g/mol. The molecule has 3 nitrogen and oxygen atoms in total. The van der Waals surface area contributed by atoms with Crippen LogP contribution in [-0.2, 0) is 6.54 Å². The van der Waals surface area contributed by atoms with E-state index in [-0.39, 0.29) is 5.56 Å². The van der Waals surface area contributed by atoms with Gasteiger partial charge in [-0.1, -0.05) is 28.1 Å². The van der Waals surface area contributed by atoms with Crippen LogP contribution >= 0.6 is 15.9 Å². The molecule has 2 heterocycles. The fourth-order valence-corrected chi connectivity index (χ4v) is 2.43. The molecule has 0 fully saturated rings. The fourth-order valence-electron chi connectivity index (χ4n) is 2.08. The second-order valence-corrected chi connectivity index (χ2v) is 5.20. The molecule has 0 aliphatic heterocycles. The summed E-state index contributed by atoms with van der Waals surface area (Å²) in [7, 11) is 0. The molecule has 4 heteroatoms. The summed E-state index contributed by atoms with van der Waals surface area (Å²) in [5, 5.41) is 1.04. The summed E-state index contributed by atoms with van der Waals surface area (Å²) in [6.45, 7) is 0.480. The molecule has 0 spiro atoms. The van der Waals surface area contributed by atoms with Crippen molar-refractivity contribution < 1.29 is 0 Å². The van der Waals surface area contributed by atoms with Crippen LogP contribution in [0.5, 0.6) is 0 Å². The maximum absolute atomic E-state index is 12.1. The van der Waals surface area contributed by atoms with E-state index in [1.165, 1.54) is 0 Å². The van der Waals surface area contributed by atoms with Gasteiger partial charge in [0.05, 0.1) is 17.8 Å². The van der Waals surface area contributed by atoms with E-state index in [2.05, 4.69) is 20.9 Å². The van der Waals surface area contributed by atoms with Gasteiger partial charge in [-0.15, -0.1) is 0 Å². The topological polar surface area (TPSA) is 34.9 Å². The third-order valence-electron chi connectivity index (χ3n) is 3.00. The van der Waals surface area contributed by atoms with Gasteiger partial charge in [-0.25, -0.2) is 0 Å². The highest BCUT2D eigenvalue weighted by Crippen LogP contribution is 2.18. The number of rotatable bonds is 2. The maximum Gasteiger partial charge on any atom is 0.251 e. The SMILES string of the molecule is O=c1ccc2ccc(Br)cc2n1Cc1ccccn1. The van der Waals surface area contributed by atoms with E-state index in [0.717, 1.165) is 21.1 Å². The Labute approximate surface area is 118 Å². The molecule has 0 atom stereocenters. The number of fused-ring (bicyclic) bond motifs is 1. The normalized spacial score (nSPS) is 10.8. The minimum atomic E-state index is -0.0174. The van der Waals surface area contributed by atoms with Crippen molar-refractivity contribution in [1.29, 1.82) is 0 Å². The molecule has 0 aliphatic carbocycles. The van der Waals surface area contributed by atoms with Crippen molar-refractivity contribution in [3.63, 3.8) is 0 Å². The molecule has 0 saturated heterocycles. The summed E-state index contributed by atoms with van der Waals surface area (Å²) < 4.78 is 2.70. The van der Waals surface area contributed by atoms with Crippen LogP contribution in [0.2, 0.25) is 0 Å². The Morgan fingerprint density at radius 2 is 1.95 bits per heavy atom. The molecule has 0 amide bonds. The van der Waals surface area contributed by atoms with Gasteiger partial charge in [-0.2, -0.15) is 0 Å². The van der Waals surface area contributed by atoms with Crippen molar-refractivity contribution in [1.82, 2.24) is 9.55 Å². The van der Waals surface area contributed by atoms with Crippen LogP contribution in [0.4, 0.5) is 0 Å².